The molecule has 2 aromatic rings. The second kappa shape index (κ2) is 9.49. The summed E-state index contributed by atoms with van der Waals surface area (Å²) in [6.45, 7) is 5.45. The summed E-state index contributed by atoms with van der Waals surface area (Å²) in [5, 5.41) is 6.91. The fourth-order valence-corrected chi connectivity index (χ4v) is 3.27. The van der Waals surface area contributed by atoms with Crippen LogP contribution in [0.15, 0.2) is 40.8 Å². The van der Waals surface area contributed by atoms with Gasteiger partial charge in [-0.15, -0.1) is 11.3 Å². The molecule has 0 atom stereocenters. The van der Waals surface area contributed by atoms with E-state index in [4.69, 9.17) is 0 Å². The smallest absolute Gasteiger partial charge is 0.321 e. The SMILES string of the molecule is C/C(=N/NC(=O)c1csc(C(C)C)c1)c1ccc(NC(=O)C(F)(F)C(F)(F)C(F)(F)F)cc1. The Balaban J connectivity index is 2.06. The number of rotatable bonds is 7. The number of hydrogen-bond donors (Lipinski definition) is 2. The van der Waals surface area contributed by atoms with Gasteiger partial charge in [-0.05, 0) is 36.6 Å². The zero-order valence-corrected chi connectivity index (χ0v) is 18.2. The minimum atomic E-state index is -6.62. The van der Waals surface area contributed by atoms with E-state index in [9.17, 15) is 40.3 Å². The highest BCUT2D eigenvalue weighted by Gasteiger charge is 2.76. The molecule has 33 heavy (non-hydrogen) atoms. The highest BCUT2D eigenvalue weighted by Crippen LogP contribution is 2.46. The topological polar surface area (TPSA) is 70.6 Å². The van der Waals surface area contributed by atoms with Crippen molar-refractivity contribution in [1.82, 2.24) is 5.43 Å². The number of carbonyl (C=O) groups is 2. The van der Waals surface area contributed by atoms with Gasteiger partial charge in [0, 0.05) is 15.9 Å². The second-order valence-corrected chi connectivity index (χ2v) is 8.15. The van der Waals surface area contributed by atoms with Crippen LogP contribution in [0.4, 0.5) is 36.4 Å². The largest absolute Gasteiger partial charge is 0.460 e. The first-order chi connectivity index (χ1) is 15.1. The lowest BCUT2D eigenvalue weighted by Crippen LogP contribution is -2.57. The fourth-order valence-electron chi connectivity index (χ4n) is 2.36. The molecule has 0 spiro atoms. The quantitative estimate of drug-likeness (QED) is 0.289. The maximum atomic E-state index is 13.4. The van der Waals surface area contributed by atoms with Gasteiger partial charge in [0.2, 0.25) is 0 Å². The molecule has 1 aromatic carbocycles. The van der Waals surface area contributed by atoms with Crippen LogP contribution in [0.2, 0.25) is 0 Å². The molecule has 0 saturated heterocycles. The Hall–Kier alpha value is -2.96. The Morgan fingerprint density at radius 2 is 1.55 bits per heavy atom. The highest BCUT2D eigenvalue weighted by molar-refractivity contribution is 7.10. The number of anilines is 1. The normalized spacial score (nSPS) is 13.2. The van der Waals surface area contributed by atoms with Crippen LogP contribution in [0.3, 0.4) is 0 Å². The predicted molar refractivity (Wildman–Crippen MR) is 109 cm³/mol. The van der Waals surface area contributed by atoms with Gasteiger partial charge in [-0.1, -0.05) is 26.0 Å². The number of carbonyl (C=O) groups excluding carboxylic acids is 2. The second-order valence-electron chi connectivity index (χ2n) is 7.21. The number of hydrazone groups is 1. The van der Waals surface area contributed by atoms with E-state index in [0.29, 0.717) is 11.1 Å². The number of alkyl halides is 7. The number of halogens is 7. The lowest BCUT2D eigenvalue weighted by molar-refractivity contribution is -0.343. The number of thiophene rings is 1. The van der Waals surface area contributed by atoms with Crippen molar-refractivity contribution >= 4 is 34.6 Å². The molecule has 1 heterocycles. The van der Waals surface area contributed by atoms with Crippen molar-refractivity contribution in [3.8, 4) is 0 Å². The monoisotopic (exact) mass is 497 g/mol. The van der Waals surface area contributed by atoms with Crippen molar-refractivity contribution in [3.63, 3.8) is 0 Å². The van der Waals surface area contributed by atoms with Gasteiger partial charge in [0.25, 0.3) is 5.91 Å². The van der Waals surface area contributed by atoms with Crippen LogP contribution in [-0.2, 0) is 4.79 Å². The van der Waals surface area contributed by atoms with Gasteiger partial charge in [-0.25, -0.2) is 5.43 Å². The Morgan fingerprint density at radius 3 is 2.03 bits per heavy atom. The van der Waals surface area contributed by atoms with E-state index in [2.05, 4.69) is 10.5 Å². The molecule has 180 valence electrons. The molecule has 0 aliphatic rings. The molecular weight excluding hydrogens is 479 g/mol. The van der Waals surface area contributed by atoms with Crippen molar-refractivity contribution in [3.05, 3.63) is 51.7 Å². The third kappa shape index (κ3) is 5.70. The van der Waals surface area contributed by atoms with Gasteiger partial charge in [-0.3, -0.25) is 9.59 Å². The maximum Gasteiger partial charge on any atom is 0.460 e. The summed E-state index contributed by atoms with van der Waals surface area (Å²) in [5.41, 5.74) is 2.94. The molecular formula is C20H18F7N3O2S. The number of nitrogens with one attached hydrogen (secondary N) is 2. The van der Waals surface area contributed by atoms with Crippen LogP contribution in [0.1, 0.15) is 47.5 Å². The van der Waals surface area contributed by atoms with Crippen molar-refractivity contribution in [2.45, 2.75) is 44.7 Å². The third-order valence-electron chi connectivity index (χ3n) is 4.37. The summed E-state index contributed by atoms with van der Waals surface area (Å²) in [5.74, 6) is -15.6. The van der Waals surface area contributed by atoms with Crippen LogP contribution < -0.4 is 10.7 Å². The van der Waals surface area contributed by atoms with E-state index in [0.717, 1.165) is 17.0 Å². The highest BCUT2D eigenvalue weighted by atomic mass is 32.1. The van der Waals surface area contributed by atoms with Crippen molar-refractivity contribution < 1.29 is 40.3 Å². The van der Waals surface area contributed by atoms with Crippen molar-refractivity contribution in [2.75, 3.05) is 5.32 Å². The summed E-state index contributed by atoms with van der Waals surface area (Å²) in [6, 6.07) is 6.21. The van der Waals surface area contributed by atoms with Crippen LogP contribution in [0.5, 0.6) is 0 Å². The average molecular weight is 497 g/mol. The maximum absolute atomic E-state index is 13.4. The molecule has 1 aromatic heterocycles. The van der Waals surface area contributed by atoms with E-state index < -0.39 is 35.5 Å². The molecule has 2 amide bonds. The Morgan fingerprint density at radius 1 is 0.970 bits per heavy atom. The first-order valence-electron chi connectivity index (χ1n) is 9.25. The van der Waals surface area contributed by atoms with Gasteiger partial charge in [-0.2, -0.15) is 35.8 Å². The summed E-state index contributed by atoms with van der Waals surface area (Å²) in [6.07, 6.45) is -6.62. The summed E-state index contributed by atoms with van der Waals surface area (Å²) in [4.78, 5) is 24.6. The zero-order chi connectivity index (χ0) is 25.2. The molecule has 0 radical (unpaired) electrons. The van der Waals surface area contributed by atoms with Crippen LogP contribution in [-0.4, -0.2) is 35.5 Å². The number of hydrogen-bond acceptors (Lipinski definition) is 4. The summed E-state index contributed by atoms with van der Waals surface area (Å²) >= 11 is 1.42. The summed E-state index contributed by atoms with van der Waals surface area (Å²) < 4.78 is 89.3. The van der Waals surface area contributed by atoms with Crippen molar-refractivity contribution in [1.29, 1.82) is 0 Å². The average Bonchev–Trinajstić information content (AvgIpc) is 3.22. The van der Waals surface area contributed by atoms with Crippen molar-refractivity contribution in [2.24, 2.45) is 5.10 Å². The minimum Gasteiger partial charge on any atom is -0.321 e. The number of benzene rings is 1. The van der Waals surface area contributed by atoms with Gasteiger partial charge in [0.05, 0.1) is 11.3 Å². The van der Waals surface area contributed by atoms with Crippen LogP contribution in [0, 0.1) is 0 Å². The van der Waals surface area contributed by atoms with E-state index in [1.54, 1.807) is 11.4 Å². The lowest BCUT2D eigenvalue weighted by Gasteiger charge is -2.27. The molecule has 2 rings (SSSR count). The first kappa shape index (κ1) is 26.3. The molecule has 5 nitrogen and oxygen atoms in total. The van der Waals surface area contributed by atoms with E-state index in [1.165, 1.54) is 35.7 Å². The Labute approximate surface area is 187 Å². The zero-order valence-electron chi connectivity index (χ0n) is 17.4. The predicted octanol–water partition coefficient (Wildman–Crippen LogP) is 5.80. The van der Waals surface area contributed by atoms with Gasteiger partial charge in [0.1, 0.15) is 0 Å². The van der Waals surface area contributed by atoms with E-state index >= 15 is 0 Å². The molecule has 0 aliphatic carbocycles. The van der Waals surface area contributed by atoms with Crippen LogP contribution >= 0.6 is 11.3 Å². The van der Waals surface area contributed by atoms with Gasteiger partial charge < -0.3 is 5.32 Å². The third-order valence-corrected chi connectivity index (χ3v) is 5.61. The molecule has 0 bridgehead atoms. The lowest BCUT2D eigenvalue weighted by atomic mass is 10.1. The molecule has 0 fully saturated rings. The molecule has 0 unspecified atom stereocenters. The molecule has 13 heteroatoms. The van der Waals surface area contributed by atoms with E-state index in [-0.39, 0.29) is 11.6 Å². The molecule has 0 saturated carbocycles. The van der Waals surface area contributed by atoms with E-state index in [1.807, 2.05) is 13.8 Å². The Kier molecular flexibility index (Phi) is 7.56. The summed E-state index contributed by atoms with van der Waals surface area (Å²) in [7, 11) is 0. The Bertz CT molecular complexity index is 1040. The minimum absolute atomic E-state index is 0.250. The van der Waals surface area contributed by atoms with Gasteiger partial charge in [0.15, 0.2) is 0 Å². The molecule has 2 N–H and O–H groups in total. The van der Waals surface area contributed by atoms with Crippen LogP contribution in [0.25, 0.3) is 0 Å². The number of nitrogens with zero attached hydrogens (tertiary/aromatic N) is 1. The molecule has 0 aliphatic heterocycles. The fraction of sp³-hybridized carbons (Fsp3) is 0.350. The standard InChI is InChI=1S/C20H18F7N3O2S/c1-10(2)15-8-13(9-33-15)16(31)30-29-11(3)12-4-6-14(7-5-12)28-17(32)18(21,22)19(23,24)20(25,26)27/h4-10H,1-3H3,(H,28,32)(H,30,31)/b29-11-. The first-order valence-corrected chi connectivity index (χ1v) is 10.1. The number of amides is 2. The van der Waals surface area contributed by atoms with Gasteiger partial charge >= 0.3 is 23.9 Å².